The van der Waals surface area contributed by atoms with Gasteiger partial charge in [0.2, 0.25) is 10.0 Å². The molecule has 0 radical (unpaired) electrons. The van der Waals surface area contributed by atoms with Crippen LogP contribution < -0.4 is 4.72 Å². The van der Waals surface area contributed by atoms with Crippen molar-refractivity contribution in [3.05, 3.63) is 50.1 Å². The number of sulfonamides is 1. The number of ether oxygens (including phenoxy) is 1. The van der Waals surface area contributed by atoms with Crippen LogP contribution in [0, 0.1) is 0 Å². The summed E-state index contributed by atoms with van der Waals surface area (Å²) in [5, 5.41) is 2.24. The maximum atomic E-state index is 12.3. The Kier molecular flexibility index (Phi) is 5.46. The first-order valence-corrected chi connectivity index (χ1v) is 9.06. The molecule has 1 aromatic heterocycles. The van der Waals surface area contributed by atoms with E-state index in [9.17, 15) is 13.2 Å². The fourth-order valence-corrected chi connectivity index (χ4v) is 4.33. The van der Waals surface area contributed by atoms with Gasteiger partial charge in [0.05, 0.1) is 17.2 Å². The van der Waals surface area contributed by atoms with Crippen LogP contribution in [-0.2, 0) is 21.3 Å². The molecule has 0 unspecified atom stereocenters. The van der Waals surface area contributed by atoms with Gasteiger partial charge in [-0.05, 0) is 29.1 Å². The van der Waals surface area contributed by atoms with Crippen LogP contribution in [0.2, 0.25) is 10.0 Å². The van der Waals surface area contributed by atoms with Gasteiger partial charge in [-0.2, -0.15) is 0 Å². The van der Waals surface area contributed by atoms with Gasteiger partial charge >= 0.3 is 5.97 Å². The van der Waals surface area contributed by atoms with Crippen molar-refractivity contribution in [2.75, 3.05) is 7.11 Å². The van der Waals surface area contributed by atoms with E-state index in [4.69, 9.17) is 23.2 Å². The number of carbonyl (C=O) groups excluding carboxylic acids is 1. The standard InChI is InChI=1S/C13H11Cl2NO4S2/c1-20-13(17)12-11(4-5-21-12)22(18,19)16-7-8-2-3-9(14)10(15)6-8/h2-6,16H,7H2,1H3. The molecule has 2 rings (SSSR count). The third-order valence-corrected chi connectivity index (χ3v) is 5.95. The van der Waals surface area contributed by atoms with Gasteiger partial charge < -0.3 is 4.74 Å². The third kappa shape index (κ3) is 3.80. The summed E-state index contributed by atoms with van der Waals surface area (Å²) in [5.41, 5.74) is 0.646. The van der Waals surface area contributed by atoms with Crippen LogP contribution in [0.1, 0.15) is 15.2 Å². The Balaban J connectivity index is 2.20. The Morgan fingerprint density at radius 2 is 2.00 bits per heavy atom. The van der Waals surface area contributed by atoms with Gasteiger partial charge in [0.25, 0.3) is 0 Å². The van der Waals surface area contributed by atoms with Gasteiger partial charge in [0, 0.05) is 6.54 Å². The molecule has 0 spiro atoms. The lowest BCUT2D eigenvalue weighted by Gasteiger charge is -2.08. The molecule has 0 saturated heterocycles. The molecule has 9 heteroatoms. The van der Waals surface area contributed by atoms with Gasteiger partial charge in [0.1, 0.15) is 9.77 Å². The highest BCUT2D eigenvalue weighted by molar-refractivity contribution is 7.89. The Morgan fingerprint density at radius 1 is 1.27 bits per heavy atom. The summed E-state index contributed by atoms with van der Waals surface area (Å²) in [5.74, 6) is -0.690. The van der Waals surface area contributed by atoms with Crippen molar-refractivity contribution in [3.63, 3.8) is 0 Å². The van der Waals surface area contributed by atoms with Crippen LogP contribution in [0.5, 0.6) is 0 Å². The molecule has 0 aliphatic carbocycles. The Morgan fingerprint density at radius 3 is 2.64 bits per heavy atom. The number of halogens is 2. The van der Waals surface area contributed by atoms with Crippen LogP contribution in [0.3, 0.4) is 0 Å². The molecule has 1 N–H and O–H groups in total. The minimum absolute atomic E-state index is 0.0235. The van der Waals surface area contributed by atoms with E-state index >= 15 is 0 Å². The summed E-state index contributed by atoms with van der Waals surface area (Å²) in [6, 6.07) is 6.17. The number of rotatable bonds is 5. The number of carbonyl (C=O) groups is 1. The first-order chi connectivity index (χ1) is 10.3. The van der Waals surface area contributed by atoms with E-state index in [2.05, 4.69) is 9.46 Å². The lowest BCUT2D eigenvalue weighted by atomic mass is 10.2. The Bertz CT molecular complexity index is 802. The van der Waals surface area contributed by atoms with Crippen molar-refractivity contribution < 1.29 is 17.9 Å². The quantitative estimate of drug-likeness (QED) is 0.808. The highest BCUT2D eigenvalue weighted by Crippen LogP contribution is 2.24. The minimum Gasteiger partial charge on any atom is -0.465 e. The smallest absolute Gasteiger partial charge is 0.349 e. The van der Waals surface area contributed by atoms with Gasteiger partial charge in [-0.15, -0.1) is 11.3 Å². The maximum absolute atomic E-state index is 12.3. The maximum Gasteiger partial charge on any atom is 0.349 e. The SMILES string of the molecule is COC(=O)c1sccc1S(=O)(=O)NCc1ccc(Cl)c(Cl)c1. The highest BCUT2D eigenvalue weighted by atomic mass is 35.5. The second-order valence-electron chi connectivity index (χ2n) is 4.18. The van der Waals surface area contributed by atoms with Gasteiger partial charge in [0.15, 0.2) is 0 Å². The van der Waals surface area contributed by atoms with Crippen molar-refractivity contribution in [2.24, 2.45) is 0 Å². The average Bonchev–Trinajstić information content (AvgIpc) is 2.98. The van der Waals surface area contributed by atoms with Crippen molar-refractivity contribution >= 4 is 50.5 Å². The summed E-state index contributed by atoms with van der Waals surface area (Å²) in [6.45, 7) is 0.0235. The summed E-state index contributed by atoms with van der Waals surface area (Å²) >= 11 is 12.7. The molecular formula is C13H11Cl2NO4S2. The van der Waals surface area contributed by atoms with E-state index in [0.717, 1.165) is 11.3 Å². The monoisotopic (exact) mass is 379 g/mol. The number of nitrogens with one attached hydrogen (secondary N) is 1. The number of thiophene rings is 1. The molecule has 5 nitrogen and oxygen atoms in total. The molecule has 0 atom stereocenters. The average molecular weight is 380 g/mol. The van der Waals surface area contributed by atoms with Gasteiger partial charge in [-0.25, -0.2) is 17.9 Å². The number of hydrogen-bond donors (Lipinski definition) is 1. The third-order valence-electron chi connectivity index (χ3n) is 2.74. The van der Waals surface area contributed by atoms with Crippen LogP contribution in [0.25, 0.3) is 0 Å². The molecule has 0 amide bonds. The number of hydrogen-bond acceptors (Lipinski definition) is 5. The first-order valence-electron chi connectivity index (χ1n) is 5.94. The van der Waals surface area contributed by atoms with Crippen LogP contribution in [0.4, 0.5) is 0 Å². The van der Waals surface area contributed by atoms with Gasteiger partial charge in [-0.3, -0.25) is 0 Å². The van der Waals surface area contributed by atoms with Gasteiger partial charge in [-0.1, -0.05) is 29.3 Å². The summed E-state index contributed by atoms with van der Waals surface area (Å²) in [6.07, 6.45) is 0. The predicted molar refractivity (Wildman–Crippen MR) is 86.1 cm³/mol. The van der Waals surface area contributed by atoms with E-state index in [1.165, 1.54) is 18.6 Å². The van der Waals surface area contributed by atoms with Crippen molar-refractivity contribution in [1.29, 1.82) is 0 Å². The molecule has 0 saturated carbocycles. The predicted octanol–water partition coefficient (Wildman–Crippen LogP) is 3.32. The molecule has 0 aliphatic heterocycles. The van der Waals surface area contributed by atoms with E-state index in [1.807, 2.05) is 0 Å². The van der Waals surface area contributed by atoms with E-state index in [1.54, 1.807) is 18.2 Å². The minimum atomic E-state index is -3.84. The second kappa shape index (κ2) is 6.97. The van der Waals surface area contributed by atoms with E-state index < -0.39 is 16.0 Å². The zero-order valence-corrected chi connectivity index (χ0v) is 14.4. The molecule has 0 bridgehead atoms. The first kappa shape index (κ1) is 17.2. The summed E-state index contributed by atoms with van der Waals surface area (Å²) in [4.78, 5) is 11.5. The molecule has 1 aromatic carbocycles. The van der Waals surface area contributed by atoms with Crippen molar-refractivity contribution in [2.45, 2.75) is 11.4 Å². The van der Waals surface area contributed by atoms with E-state index in [0.29, 0.717) is 15.6 Å². The lowest BCUT2D eigenvalue weighted by molar-refractivity contribution is 0.0602. The Hall–Kier alpha value is -1.12. The van der Waals surface area contributed by atoms with Crippen molar-refractivity contribution in [1.82, 2.24) is 4.72 Å². The topological polar surface area (TPSA) is 72.5 Å². The molecule has 0 aliphatic rings. The normalized spacial score (nSPS) is 11.4. The summed E-state index contributed by atoms with van der Waals surface area (Å²) in [7, 11) is -2.64. The molecule has 0 fully saturated rings. The summed E-state index contributed by atoms with van der Waals surface area (Å²) < 4.78 is 31.6. The largest absolute Gasteiger partial charge is 0.465 e. The molecular weight excluding hydrogens is 369 g/mol. The van der Waals surface area contributed by atoms with E-state index in [-0.39, 0.29) is 16.3 Å². The number of methoxy groups -OCH3 is 1. The highest BCUT2D eigenvalue weighted by Gasteiger charge is 2.24. The molecule has 118 valence electrons. The van der Waals surface area contributed by atoms with Crippen LogP contribution >= 0.6 is 34.5 Å². The number of benzene rings is 1. The van der Waals surface area contributed by atoms with Crippen LogP contribution in [-0.4, -0.2) is 21.5 Å². The molecule has 22 heavy (non-hydrogen) atoms. The molecule has 2 aromatic rings. The zero-order valence-electron chi connectivity index (χ0n) is 11.3. The molecule has 1 heterocycles. The lowest BCUT2D eigenvalue weighted by Crippen LogP contribution is -2.24. The van der Waals surface area contributed by atoms with Crippen molar-refractivity contribution in [3.8, 4) is 0 Å². The second-order valence-corrected chi connectivity index (χ2v) is 7.64. The fraction of sp³-hybridized carbons (Fsp3) is 0.154. The Labute approximate surface area is 141 Å². The van der Waals surface area contributed by atoms with Crippen LogP contribution in [0.15, 0.2) is 34.5 Å². The number of esters is 1. The zero-order chi connectivity index (χ0) is 16.3. The fourth-order valence-electron chi connectivity index (χ4n) is 1.66.